The highest BCUT2D eigenvalue weighted by atomic mass is 35.5. The van der Waals surface area contributed by atoms with E-state index < -0.39 is 0 Å². The van der Waals surface area contributed by atoms with E-state index in [9.17, 15) is 0 Å². The van der Waals surface area contributed by atoms with Crippen LogP contribution >= 0.6 is 11.6 Å². The van der Waals surface area contributed by atoms with Crippen LogP contribution in [-0.4, -0.2) is 13.1 Å². The largest absolute Gasteiger partial charge is 0.380 e. The second-order valence-electron chi connectivity index (χ2n) is 5.17. The van der Waals surface area contributed by atoms with Gasteiger partial charge in [0, 0.05) is 13.1 Å². The van der Waals surface area contributed by atoms with Crippen LogP contribution in [0.3, 0.4) is 0 Å². The zero-order valence-electron chi connectivity index (χ0n) is 10.6. The van der Waals surface area contributed by atoms with E-state index in [0.717, 1.165) is 30.2 Å². The Balaban J connectivity index is 1.83. The van der Waals surface area contributed by atoms with E-state index in [2.05, 4.69) is 40.5 Å². The minimum absolute atomic E-state index is 0.427. The molecule has 2 heterocycles. The number of nitrogens with one attached hydrogen (secondary N) is 1. The number of hydrogen-bond donors (Lipinski definition) is 1. The van der Waals surface area contributed by atoms with Crippen LogP contribution in [0.25, 0.3) is 0 Å². The maximum Gasteiger partial charge on any atom is 0.0768 e. The molecule has 2 nitrogen and oxygen atoms in total. The number of halogens is 1. The second-order valence-corrected chi connectivity index (χ2v) is 5.58. The van der Waals surface area contributed by atoms with E-state index in [0.29, 0.717) is 6.04 Å². The molecule has 0 bridgehead atoms. The molecule has 0 spiro atoms. The van der Waals surface area contributed by atoms with Crippen LogP contribution in [0.1, 0.15) is 17.2 Å². The van der Waals surface area contributed by atoms with Crippen LogP contribution in [0.5, 0.6) is 0 Å². The molecular weight excluding hydrogens is 256 g/mol. The van der Waals surface area contributed by atoms with Crippen molar-refractivity contribution in [3.05, 3.63) is 58.6 Å². The monoisotopic (exact) mass is 270 g/mol. The zero-order valence-corrected chi connectivity index (χ0v) is 11.3. The Labute approximate surface area is 118 Å². The van der Waals surface area contributed by atoms with Gasteiger partial charge in [0.2, 0.25) is 0 Å². The summed E-state index contributed by atoms with van der Waals surface area (Å²) in [6.07, 6.45) is 1.11. The third-order valence-electron chi connectivity index (χ3n) is 4.19. The van der Waals surface area contributed by atoms with Gasteiger partial charge in [-0.25, -0.2) is 0 Å². The van der Waals surface area contributed by atoms with Crippen LogP contribution < -0.4 is 10.2 Å². The molecule has 0 amide bonds. The van der Waals surface area contributed by atoms with Gasteiger partial charge in [0.25, 0.3) is 0 Å². The van der Waals surface area contributed by atoms with Crippen molar-refractivity contribution in [1.29, 1.82) is 0 Å². The summed E-state index contributed by atoms with van der Waals surface area (Å²) in [5.74, 6) is 0. The summed E-state index contributed by atoms with van der Waals surface area (Å²) in [5.41, 5.74) is 5.25. The van der Waals surface area contributed by atoms with Crippen LogP contribution in [0, 0.1) is 0 Å². The standard InChI is InChI=1S/C16H15ClN2/c17-13-6-3-7-14-16(13)18-10-15-12-5-2-1-4-11(12)8-9-19(14)15/h1-7,15,18H,8-10H2. The molecule has 1 atom stereocenters. The van der Waals surface area contributed by atoms with Crippen LogP contribution in [0.2, 0.25) is 5.02 Å². The normalized spacial score (nSPS) is 20.1. The molecule has 1 unspecified atom stereocenters. The van der Waals surface area contributed by atoms with Gasteiger partial charge < -0.3 is 10.2 Å². The van der Waals surface area contributed by atoms with Crippen molar-refractivity contribution >= 4 is 23.0 Å². The SMILES string of the molecule is Clc1cccc2c1NCC1c3ccccc3CCN21. The van der Waals surface area contributed by atoms with Crippen molar-refractivity contribution in [3.63, 3.8) is 0 Å². The molecular formula is C16H15ClN2. The van der Waals surface area contributed by atoms with Gasteiger partial charge in [-0.3, -0.25) is 0 Å². The van der Waals surface area contributed by atoms with Crippen molar-refractivity contribution in [1.82, 2.24) is 0 Å². The maximum atomic E-state index is 6.28. The quantitative estimate of drug-likeness (QED) is 0.782. The van der Waals surface area contributed by atoms with Gasteiger partial charge in [-0.05, 0) is 29.7 Å². The van der Waals surface area contributed by atoms with Gasteiger partial charge in [-0.2, -0.15) is 0 Å². The van der Waals surface area contributed by atoms with Crippen molar-refractivity contribution < 1.29 is 0 Å². The molecule has 0 aliphatic carbocycles. The molecule has 0 radical (unpaired) electrons. The topological polar surface area (TPSA) is 15.3 Å². The Hall–Kier alpha value is -1.67. The third-order valence-corrected chi connectivity index (χ3v) is 4.50. The fourth-order valence-corrected chi connectivity index (χ4v) is 3.52. The molecule has 0 saturated heterocycles. The van der Waals surface area contributed by atoms with Gasteiger partial charge in [0.05, 0.1) is 22.4 Å². The number of anilines is 2. The molecule has 0 aromatic heterocycles. The summed E-state index contributed by atoms with van der Waals surface area (Å²) in [4.78, 5) is 2.49. The van der Waals surface area contributed by atoms with E-state index in [1.54, 1.807) is 0 Å². The summed E-state index contributed by atoms with van der Waals surface area (Å²) in [6, 6.07) is 15.3. The number of fused-ring (bicyclic) bond motifs is 5. The predicted molar refractivity (Wildman–Crippen MR) is 80.2 cm³/mol. The summed E-state index contributed by atoms with van der Waals surface area (Å²) < 4.78 is 0. The van der Waals surface area contributed by atoms with E-state index in [4.69, 9.17) is 11.6 Å². The average Bonchev–Trinajstić information content (AvgIpc) is 2.47. The molecule has 2 aliphatic heterocycles. The van der Waals surface area contributed by atoms with Gasteiger partial charge in [0.15, 0.2) is 0 Å². The van der Waals surface area contributed by atoms with Crippen LogP contribution in [0.4, 0.5) is 11.4 Å². The Morgan fingerprint density at radius 1 is 1.11 bits per heavy atom. The summed E-state index contributed by atoms with van der Waals surface area (Å²) in [6.45, 7) is 1.99. The Morgan fingerprint density at radius 3 is 2.95 bits per heavy atom. The lowest BCUT2D eigenvalue weighted by Crippen LogP contribution is -2.42. The van der Waals surface area contributed by atoms with E-state index in [1.165, 1.54) is 16.8 Å². The zero-order chi connectivity index (χ0) is 12.8. The van der Waals surface area contributed by atoms with E-state index in [-0.39, 0.29) is 0 Å². The number of hydrogen-bond acceptors (Lipinski definition) is 2. The molecule has 2 aliphatic rings. The summed E-state index contributed by atoms with van der Waals surface area (Å²) in [5, 5.41) is 4.31. The van der Waals surface area contributed by atoms with E-state index in [1.807, 2.05) is 12.1 Å². The molecule has 0 saturated carbocycles. The first-order valence-electron chi connectivity index (χ1n) is 6.71. The van der Waals surface area contributed by atoms with Crippen molar-refractivity contribution in [2.24, 2.45) is 0 Å². The molecule has 2 aromatic carbocycles. The van der Waals surface area contributed by atoms with E-state index >= 15 is 0 Å². The summed E-state index contributed by atoms with van der Waals surface area (Å²) in [7, 11) is 0. The maximum absolute atomic E-state index is 6.28. The highest BCUT2D eigenvalue weighted by molar-refractivity contribution is 6.34. The lowest BCUT2D eigenvalue weighted by Gasteiger charge is -2.43. The van der Waals surface area contributed by atoms with Gasteiger partial charge >= 0.3 is 0 Å². The first-order valence-corrected chi connectivity index (χ1v) is 7.09. The first-order chi connectivity index (χ1) is 9.34. The van der Waals surface area contributed by atoms with Gasteiger partial charge in [0.1, 0.15) is 0 Å². The molecule has 0 fully saturated rings. The average molecular weight is 271 g/mol. The fourth-order valence-electron chi connectivity index (χ4n) is 3.29. The minimum atomic E-state index is 0.427. The Morgan fingerprint density at radius 2 is 2.00 bits per heavy atom. The third kappa shape index (κ3) is 1.63. The Kier molecular flexibility index (Phi) is 2.46. The molecule has 96 valence electrons. The van der Waals surface area contributed by atoms with Crippen LogP contribution in [-0.2, 0) is 6.42 Å². The fraction of sp³-hybridized carbons (Fsp3) is 0.250. The van der Waals surface area contributed by atoms with Gasteiger partial charge in [-0.1, -0.05) is 41.9 Å². The van der Waals surface area contributed by atoms with Gasteiger partial charge in [-0.15, -0.1) is 0 Å². The first kappa shape index (κ1) is 11.2. The smallest absolute Gasteiger partial charge is 0.0768 e. The number of benzene rings is 2. The molecule has 19 heavy (non-hydrogen) atoms. The second kappa shape index (κ2) is 4.17. The number of nitrogens with zero attached hydrogens (tertiary/aromatic N) is 1. The van der Waals surface area contributed by atoms with Crippen molar-refractivity contribution in [3.8, 4) is 0 Å². The van der Waals surface area contributed by atoms with Crippen LogP contribution in [0.15, 0.2) is 42.5 Å². The van der Waals surface area contributed by atoms with Crippen molar-refractivity contribution in [2.45, 2.75) is 12.5 Å². The highest BCUT2D eigenvalue weighted by Gasteiger charge is 2.32. The minimum Gasteiger partial charge on any atom is -0.380 e. The lowest BCUT2D eigenvalue weighted by atomic mass is 9.90. The molecule has 2 aromatic rings. The lowest BCUT2D eigenvalue weighted by molar-refractivity contribution is 0.591. The molecule has 3 heteroatoms. The number of para-hydroxylation sites is 1. The highest BCUT2D eigenvalue weighted by Crippen LogP contribution is 2.43. The number of rotatable bonds is 0. The van der Waals surface area contributed by atoms with Crippen molar-refractivity contribution in [2.75, 3.05) is 23.3 Å². The Bertz CT molecular complexity index is 638. The summed E-state index contributed by atoms with van der Waals surface area (Å²) >= 11 is 6.28. The predicted octanol–water partition coefficient (Wildman–Crippen LogP) is 3.87. The molecule has 1 N–H and O–H groups in total. The molecule has 4 rings (SSSR count).